The van der Waals surface area contributed by atoms with E-state index in [1.54, 1.807) is 4.90 Å². The van der Waals surface area contributed by atoms with E-state index in [4.69, 9.17) is 12.2 Å². The zero-order valence-electron chi connectivity index (χ0n) is 11.1. The van der Waals surface area contributed by atoms with Crippen LogP contribution in [0.2, 0.25) is 0 Å². The highest BCUT2D eigenvalue weighted by molar-refractivity contribution is 7.80. The molecule has 0 N–H and O–H groups in total. The minimum absolute atomic E-state index is 0.183. The highest BCUT2D eigenvalue weighted by Gasteiger charge is 2.31. The van der Waals surface area contributed by atoms with E-state index in [2.05, 4.69) is 18.7 Å². The first kappa shape index (κ1) is 14.4. The van der Waals surface area contributed by atoms with Crippen molar-refractivity contribution in [3.05, 3.63) is 0 Å². The molecule has 4 heteroatoms. The van der Waals surface area contributed by atoms with Crippen molar-refractivity contribution in [2.75, 3.05) is 19.6 Å². The lowest BCUT2D eigenvalue weighted by Crippen LogP contribution is -2.34. The number of nitrogens with zero attached hydrogens (tertiary/aromatic N) is 2. The molecule has 0 unspecified atom stereocenters. The smallest absolute Gasteiger partial charge is 0.248 e. The van der Waals surface area contributed by atoms with Crippen molar-refractivity contribution in [2.24, 2.45) is 0 Å². The highest BCUT2D eigenvalue weighted by atomic mass is 32.1. The summed E-state index contributed by atoms with van der Waals surface area (Å²) in [7, 11) is 0. The first-order chi connectivity index (χ1) is 8.20. The van der Waals surface area contributed by atoms with E-state index in [9.17, 15) is 4.79 Å². The highest BCUT2D eigenvalue weighted by Crippen LogP contribution is 2.13. The Hall–Kier alpha value is -0.640. The SMILES string of the molecule is CCCCCN1CC(=O)N(CCCCC)C1=S. The van der Waals surface area contributed by atoms with E-state index in [1.807, 2.05) is 0 Å². The van der Waals surface area contributed by atoms with Gasteiger partial charge < -0.3 is 4.90 Å². The molecule has 0 radical (unpaired) electrons. The van der Waals surface area contributed by atoms with Gasteiger partial charge in [0.1, 0.15) is 0 Å². The zero-order chi connectivity index (χ0) is 12.7. The first-order valence-electron chi connectivity index (χ1n) is 6.80. The number of carbonyl (C=O) groups is 1. The molecule has 0 spiro atoms. The van der Waals surface area contributed by atoms with E-state index >= 15 is 0 Å². The van der Waals surface area contributed by atoms with Gasteiger partial charge in [-0.2, -0.15) is 0 Å². The zero-order valence-corrected chi connectivity index (χ0v) is 11.9. The van der Waals surface area contributed by atoms with Gasteiger partial charge in [-0.25, -0.2) is 0 Å². The minimum Gasteiger partial charge on any atom is -0.339 e. The number of unbranched alkanes of at least 4 members (excludes halogenated alkanes) is 4. The summed E-state index contributed by atoms with van der Waals surface area (Å²) in [5.74, 6) is 0.183. The van der Waals surface area contributed by atoms with Gasteiger partial charge in [0.25, 0.3) is 0 Å². The quantitative estimate of drug-likeness (QED) is 0.493. The van der Waals surface area contributed by atoms with Crippen molar-refractivity contribution < 1.29 is 4.79 Å². The first-order valence-corrected chi connectivity index (χ1v) is 7.20. The van der Waals surface area contributed by atoms with Crippen molar-refractivity contribution in [3.63, 3.8) is 0 Å². The Morgan fingerprint density at radius 1 is 1.06 bits per heavy atom. The Morgan fingerprint density at radius 3 is 2.24 bits per heavy atom. The Balaban J connectivity index is 2.36. The van der Waals surface area contributed by atoms with Crippen LogP contribution in [0.25, 0.3) is 0 Å². The summed E-state index contributed by atoms with van der Waals surface area (Å²) in [5.41, 5.74) is 0. The van der Waals surface area contributed by atoms with E-state index in [0.717, 1.165) is 31.0 Å². The molecule has 0 aliphatic carbocycles. The maximum atomic E-state index is 11.8. The van der Waals surface area contributed by atoms with Crippen LogP contribution in [0.3, 0.4) is 0 Å². The van der Waals surface area contributed by atoms with Crippen LogP contribution in [0.5, 0.6) is 0 Å². The molecule has 0 atom stereocenters. The maximum absolute atomic E-state index is 11.8. The van der Waals surface area contributed by atoms with Crippen molar-refractivity contribution in [1.29, 1.82) is 0 Å². The molecule has 1 rings (SSSR count). The van der Waals surface area contributed by atoms with E-state index in [-0.39, 0.29) is 5.91 Å². The number of amides is 1. The van der Waals surface area contributed by atoms with E-state index in [1.165, 1.54) is 25.7 Å². The third kappa shape index (κ3) is 4.26. The number of rotatable bonds is 8. The molecular formula is C13H24N2OS. The van der Waals surface area contributed by atoms with Crippen molar-refractivity contribution in [2.45, 2.75) is 52.4 Å². The number of hydrogen-bond donors (Lipinski definition) is 0. The summed E-state index contributed by atoms with van der Waals surface area (Å²) >= 11 is 5.37. The van der Waals surface area contributed by atoms with Crippen molar-refractivity contribution in [3.8, 4) is 0 Å². The van der Waals surface area contributed by atoms with Crippen LogP contribution in [-0.2, 0) is 4.79 Å². The summed E-state index contributed by atoms with van der Waals surface area (Å²) in [6.07, 6.45) is 6.95. The van der Waals surface area contributed by atoms with E-state index < -0.39 is 0 Å². The van der Waals surface area contributed by atoms with Crippen LogP contribution < -0.4 is 0 Å². The summed E-state index contributed by atoms with van der Waals surface area (Å²) < 4.78 is 0. The predicted octanol–water partition coefficient (Wildman–Crippen LogP) is 2.80. The molecule has 0 aromatic carbocycles. The second-order valence-electron chi connectivity index (χ2n) is 4.66. The van der Waals surface area contributed by atoms with Gasteiger partial charge in [-0.15, -0.1) is 0 Å². The summed E-state index contributed by atoms with van der Waals surface area (Å²) in [5, 5.41) is 0.752. The van der Waals surface area contributed by atoms with Crippen LogP contribution >= 0.6 is 12.2 Å². The molecule has 1 aliphatic heterocycles. The average Bonchev–Trinajstić information content (AvgIpc) is 2.57. The third-order valence-electron chi connectivity index (χ3n) is 3.15. The lowest BCUT2D eigenvalue weighted by molar-refractivity contribution is -0.125. The Morgan fingerprint density at radius 2 is 1.65 bits per heavy atom. The van der Waals surface area contributed by atoms with Crippen LogP contribution in [0, 0.1) is 0 Å². The molecule has 1 amide bonds. The molecule has 0 aromatic heterocycles. The number of thiocarbonyl (C=S) groups is 1. The van der Waals surface area contributed by atoms with Gasteiger partial charge in [-0.05, 0) is 25.1 Å². The molecule has 0 aromatic rings. The molecule has 1 fully saturated rings. The number of carbonyl (C=O) groups excluding carboxylic acids is 1. The lowest BCUT2D eigenvalue weighted by Gasteiger charge is -2.20. The molecule has 3 nitrogen and oxygen atoms in total. The second kappa shape index (κ2) is 7.64. The molecule has 0 bridgehead atoms. The second-order valence-corrected chi connectivity index (χ2v) is 5.03. The van der Waals surface area contributed by atoms with Crippen LogP contribution in [0.1, 0.15) is 52.4 Å². The fourth-order valence-electron chi connectivity index (χ4n) is 2.06. The topological polar surface area (TPSA) is 23.6 Å². The Bertz CT molecular complexity index is 268. The van der Waals surface area contributed by atoms with Gasteiger partial charge in [0.05, 0.1) is 6.54 Å². The molecule has 98 valence electrons. The summed E-state index contributed by atoms with van der Waals surface area (Å²) in [6.45, 7) is 6.58. The van der Waals surface area contributed by atoms with Gasteiger partial charge in [-0.1, -0.05) is 39.5 Å². The summed E-state index contributed by atoms with van der Waals surface area (Å²) in [4.78, 5) is 15.7. The molecule has 1 aliphatic rings. The van der Waals surface area contributed by atoms with Gasteiger partial charge in [-0.3, -0.25) is 9.69 Å². The molecule has 1 saturated heterocycles. The largest absolute Gasteiger partial charge is 0.339 e. The maximum Gasteiger partial charge on any atom is 0.248 e. The fourth-order valence-corrected chi connectivity index (χ4v) is 2.41. The molecular weight excluding hydrogens is 232 g/mol. The van der Waals surface area contributed by atoms with Crippen LogP contribution in [0.4, 0.5) is 0 Å². The lowest BCUT2D eigenvalue weighted by atomic mass is 10.2. The minimum atomic E-state index is 0.183. The van der Waals surface area contributed by atoms with Crippen molar-refractivity contribution >= 4 is 23.2 Å². The Labute approximate surface area is 110 Å². The van der Waals surface area contributed by atoms with Crippen LogP contribution in [0.15, 0.2) is 0 Å². The van der Waals surface area contributed by atoms with Crippen LogP contribution in [-0.4, -0.2) is 40.5 Å². The predicted molar refractivity (Wildman–Crippen MR) is 74.9 cm³/mol. The molecule has 0 saturated carbocycles. The third-order valence-corrected chi connectivity index (χ3v) is 3.62. The van der Waals surface area contributed by atoms with Crippen molar-refractivity contribution in [1.82, 2.24) is 9.80 Å². The van der Waals surface area contributed by atoms with Gasteiger partial charge in [0.15, 0.2) is 5.11 Å². The molecule has 1 heterocycles. The van der Waals surface area contributed by atoms with Gasteiger partial charge >= 0.3 is 0 Å². The van der Waals surface area contributed by atoms with Gasteiger partial charge in [0, 0.05) is 13.1 Å². The normalized spacial score (nSPS) is 16.1. The Kier molecular flexibility index (Phi) is 6.48. The fraction of sp³-hybridized carbons (Fsp3) is 0.846. The summed E-state index contributed by atoms with van der Waals surface area (Å²) in [6, 6.07) is 0. The van der Waals surface area contributed by atoms with Gasteiger partial charge in [0.2, 0.25) is 5.91 Å². The standard InChI is InChI=1S/C13H24N2OS/c1-3-5-7-9-14-11-12(16)15(13(14)17)10-8-6-4-2/h3-11H2,1-2H3. The monoisotopic (exact) mass is 256 g/mol. The average molecular weight is 256 g/mol. The van der Waals surface area contributed by atoms with E-state index in [0.29, 0.717) is 6.54 Å². The molecule has 17 heavy (non-hydrogen) atoms. The number of hydrogen-bond acceptors (Lipinski definition) is 2.